The van der Waals surface area contributed by atoms with Crippen LogP contribution >= 0.6 is 22.6 Å². The van der Waals surface area contributed by atoms with Gasteiger partial charge in [0.1, 0.15) is 24.2 Å². The predicted molar refractivity (Wildman–Crippen MR) is 84.5 cm³/mol. The molecule has 1 unspecified atom stereocenters. The summed E-state index contributed by atoms with van der Waals surface area (Å²) in [5, 5.41) is 0. The molecule has 0 saturated carbocycles. The standard InChI is InChI=1S/C16H13IO3/c17-13-6-2-4-8-16(13)19-10-11-9-14(18)12-5-1-3-7-15(12)20-11/h1-8,11H,9-10H2. The lowest BCUT2D eigenvalue weighted by atomic mass is 10.0. The molecule has 1 atom stereocenters. The van der Waals surface area contributed by atoms with Crippen molar-refractivity contribution in [2.75, 3.05) is 6.61 Å². The van der Waals surface area contributed by atoms with Crippen LogP contribution in [0.5, 0.6) is 11.5 Å². The van der Waals surface area contributed by atoms with Crippen LogP contribution in [-0.2, 0) is 0 Å². The normalized spacial score (nSPS) is 17.2. The van der Waals surface area contributed by atoms with E-state index in [-0.39, 0.29) is 11.9 Å². The van der Waals surface area contributed by atoms with Gasteiger partial charge >= 0.3 is 0 Å². The lowest BCUT2D eigenvalue weighted by molar-refractivity contribution is 0.0742. The average Bonchev–Trinajstić information content (AvgIpc) is 2.46. The van der Waals surface area contributed by atoms with Crippen LogP contribution in [-0.4, -0.2) is 18.5 Å². The fourth-order valence-electron chi connectivity index (χ4n) is 2.18. The van der Waals surface area contributed by atoms with E-state index in [0.717, 1.165) is 9.32 Å². The molecule has 0 saturated heterocycles. The second kappa shape index (κ2) is 5.83. The first-order valence-electron chi connectivity index (χ1n) is 6.40. The highest BCUT2D eigenvalue weighted by molar-refractivity contribution is 14.1. The summed E-state index contributed by atoms with van der Waals surface area (Å²) in [5.74, 6) is 1.59. The Hall–Kier alpha value is -1.56. The second-order valence-corrected chi connectivity index (χ2v) is 5.77. The Balaban J connectivity index is 1.69. The number of ether oxygens (including phenoxy) is 2. The van der Waals surface area contributed by atoms with E-state index in [0.29, 0.717) is 24.3 Å². The van der Waals surface area contributed by atoms with Crippen LogP contribution in [0.3, 0.4) is 0 Å². The van der Waals surface area contributed by atoms with E-state index in [2.05, 4.69) is 22.6 Å². The third kappa shape index (κ3) is 2.80. The summed E-state index contributed by atoms with van der Waals surface area (Å²) in [5.41, 5.74) is 0.665. The Morgan fingerprint density at radius 1 is 1.15 bits per heavy atom. The number of halogens is 1. The molecule has 0 bridgehead atoms. The maximum absolute atomic E-state index is 12.0. The minimum absolute atomic E-state index is 0.114. The van der Waals surface area contributed by atoms with Crippen LogP contribution in [0.1, 0.15) is 16.8 Å². The number of carbonyl (C=O) groups is 1. The van der Waals surface area contributed by atoms with Gasteiger partial charge in [-0.05, 0) is 46.9 Å². The van der Waals surface area contributed by atoms with Crippen LogP contribution in [0, 0.1) is 3.57 Å². The minimum Gasteiger partial charge on any atom is -0.489 e. The number of fused-ring (bicyclic) bond motifs is 1. The van der Waals surface area contributed by atoms with E-state index in [1.807, 2.05) is 42.5 Å². The Morgan fingerprint density at radius 3 is 2.75 bits per heavy atom. The van der Waals surface area contributed by atoms with Gasteiger partial charge in [-0.1, -0.05) is 24.3 Å². The average molecular weight is 380 g/mol. The van der Waals surface area contributed by atoms with Crippen molar-refractivity contribution in [3.63, 3.8) is 0 Å². The van der Waals surface area contributed by atoms with Gasteiger partial charge in [0.2, 0.25) is 0 Å². The molecule has 0 radical (unpaired) electrons. The monoisotopic (exact) mass is 380 g/mol. The van der Waals surface area contributed by atoms with Crippen LogP contribution < -0.4 is 9.47 Å². The number of Topliss-reactive ketones (excluding diaryl/α,β-unsaturated/α-hetero) is 1. The zero-order valence-electron chi connectivity index (χ0n) is 10.7. The topological polar surface area (TPSA) is 35.5 Å². The van der Waals surface area contributed by atoms with Gasteiger partial charge in [0.15, 0.2) is 5.78 Å². The van der Waals surface area contributed by atoms with Gasteiger partial charge in [-0.25, -0.2) is 0 Å². The Morgan fingerprint density at radius 2 is 1.90 bits per heavy atom. The molecule has 2 aromatic rings. The molecule has 0 amide bonds. The molecule has 2 aromatic carbocycles. The van der Waals surface area contributed by atoms with Crippen molar-refractivity contribution >= 4 is 28.4 Å². The Labute approximate surface area is 131 Å². The highest BCUT2D eigenvalue weighted by atomic mass is 127. The summed E-state index contributed by atoms with van der Waals surface area (Å²) in [7, 11) is 0. The van der Waals surface area contributed by atoms with Crippen molar-refractivity contribution in [2.24, 2.45) is 0 Å². The van der Waals surface area contributed by atoms with E-state index in [1.54, 1.807) is 6.07 Å². The molecule has 102 valence electrons. The zero-order chi connectivity index (χ0) is 13.9. The molecule has 3 nitrogen and oxygen atoms in total. The molecule has 4 heteroatoms. The van der Waals surface area contributed by atoms with Crippen LogP contribution in [0.25, 0.3) is 0 Å². The summed E-state index contributed by atoms with van der Waals surface area (Å²) < 4.78 is 12.6. The van der Waals surface area contributed by atoms with Gasteiger partial charge in [0.05, 0.1) is 15.6 Å². The van der Waals surface area contributed by atoms with E-state index < -0.39 is 0 Å². The van der Waals surface area contributed by atoms with Crippen LogP contribution in [0.2, 0.25) is 0 Å². The number of hydrogen-bond acceptors (Lipinski definition) is 3. The van der Waals surface area contributed by atoms with Crippen molar-refractivity contribution in [3.05, 3.63) is 57.7 Å². The maximum Gasteiger partial charge on any atom is 0.170 e. The van der Waals surface area contributed by atoms with Crippen molar-refractivity contribution < 1.29 is 14.3 Å². The predicted octanol–water partition coefficient (Wildman–Crippen LogP) is 3.70. The molecule has 0 spiro atoms. The van der Waals surface area contributed by atoms with Crippen molar-refractivity contribution in [2.45, 2.75) is 12.5 Å². The van der Waals surface area contributed by atoms with Crippen LogP contribution in [0.4, 0.5) is 0 Å². The van der Waals surface area contributed by atoms with E-state index in [9.17, 15) is 4.79 Å². The molecule has 1 aliphatic rings. The highest BCUT2D eigenvalue weighted by Crippen LogP contribution is 2.28. The first-order chi connectivity index (χ1) is 9.74. The number of benzene rings is 2. The van der Waals surface area contributed by atoms with Gasteiger partial charge < -0.3 is 9.47 Å². The van der Waals surface area contributed by atoms with E-state index in [1.165, 1.54) is 0 Å². The number of para-hydroxylation sites is 2. The summed E-state index contributed by atoms with van der Waals surface area (Å²) in [6.07, 6.45) is 0.133. The molecule has 20 heavy (non-hydrogen) atoms. The van der Waals surface area contributed by atoms with Crippen molar-refractivity contribution in [3.8, 4) is 11.5 Å². The highest BCUT2D eigenvalue weighted by Gasteiger charge is 2.26. The molecule has 1 heterocycles. The lowest BCUT2D eigenvalue weighted by Gasteiger charge is -2.25. The molecular formula is C16H13IO3. The number of rotatable bonds is 3. The molecule has 0 aliphatic carbocycles. The fraction of sp³-hybridized carbons (Fsp3) is 0.188. The zero-order valence-corrected chi connectivity index (χ0v) is 12.9. The third-order valence-electron chi connectivity index (χ3n) is 3.16. The molecule has 0 N–H and O–H groups in total. The van der Waals surface area contributed by atoms with Gasteiger partial charge in [-0.15, -0.1) is 0 Å². The van der Waals surface area contributed by atoms with Gasteiger partial charge in [0.25, 0.3) is 0 Å². The summed E-state index contributed by atoms with van der Waals surface area (Å²) >= 11 is 2.23. The van der Waals surface area contributed by atoms with Crippen molar-refractivity contribution in [1.29, 1.82) is 0 Å². The molecular weight excluding hydrogens is 367 g/mol. The summed E-state index contributed by atoms with van der Waals surface area (Å²) in [6, 6.07) is 15.1. The number of ketones is 1. The van der Waals surface area contributed by atoms with Gasteiger partial charge in [-0.2, -0.15) is 0 Å². The van der Waals surface area contributed by atoms with Crippen molar-refractivity contribution in [1.82, 2.24) is 0 Å². The van der Waals surface area contributed by atoms with Gasteiger partial charge in [-0.3, -0.25) is 4.79 Å². The molecule has 1 aliphatic heterocycles. The number of hydrogen-bond donors (Lipinski definition) is 0. The fourth-order valence-corrected chi connectivity index (χ4v) is 2.72. The SMILES string of the molecule is O=C1CC(COc2ccccc2I)Oc2ccccc21. The third-order valence-corrected chi connectivity index (χ3v) is 4.05. The van der Waals surface area contributed by atoms with E-state index in [4.69, 9.17) is 9.47 Å². The Bertz CT molecular complexity index is 639. The molecule has 3 rings (SSSR count). The smallest absolute Gasteiger partial charge is 0.170 e. The van der Waals surface area contributed by atoms with Crippen LogP contribution in [0.15, 0.2) is 48.5 Å². The first-order valence-corrected chi connectivity index (χ1v) is 7.48. The molecule has 0 fully saturated rings. The summed E-state index contributed by atoms with van der Waals surface area (Å²) in [6.45, 7) is 0.375. The largest absolute Gasteiger partial charge is 0.489 e. The summed E-state index contributed by atoms with van der Waals surface area (Å²) in [4.78, 5) is 12.0. The molecule has 0 aromatic heterocycles. The van der Waals surface area contributed by atoms with E-state index >= 15 is 0 Å². The lowest BCUT2D eigenvalue weighted by Crippen LogP contribution is -2.32. The number of carbonyl (C=O) groups excluding carboxylic acids is 1. The second-order valence-electron chi connectivity index (χ2n) is 4.60. The first kappa shape index (κ1) is 13.4. The van der Waals surface area contributed by atoms with Gasteiger partial charge in [0, 0.05) is 0 Å². The maximum atomic E-state index is 12.0. The Kier molecular flexibility index (Phi) is 3.91. The quantitative estimate of drug-likeness (QED) is 0.762. The minimum atomic E-state index is -0.228.